The van der Waals surface area contributed by atoms with Gasteiger partial charge in [0.05, 0.1) is 22.1 Å². The van der Waals surface area contributed by atoms with Gasteiger partial charge in [-0.1, -0.05) is 133 Å². The number of pyridine rings is 2. The third kappa shape index (κ3) is 3.37. The molecule has 0 saturated carbocycles. The van der Waals surface area contributed by atoms with Gasteiger partial charge >= 0.3 is 0 Å². The Balaban J connectivity index is 1.28. The second-order valence-electron chi connectivity index (χ2n) is 13.7. The minimum Gasteiger partial charge on any atom is -0.247 e. The van der Waals surface area contributed by atoms with E-state index in [-0.39, 0.29) is 0 Å². The first-order chi connectivity index (χ1) is 24.8. The number of fused-ring (bicyclic) bond motifs is 6. The van der Waals surface area contributed by atoms with Crippen LogP contribution in [-0.2, 0) is 0 Å². The molecule has 12 rings (SSSR count). The van der Waals surface area contributed by atoms with Crippen LogP contribution >= 0.6 is 0 Å². The van der Waals surface area contributed by atoms with Crippen molar-refractivity contribution in [2.45, 2.75) is 0 Å². The molecule has 0 unspecified atom stereocenters. The molecule has 50 heavy (non-hydrogen) atoms. The molecule has 0 atom stereocenters. The molecule has 0 bridgehead atoms. The lowest BCUT2D eigenvalue weighted by molar-refractivity contribution is 1.50. The summed E-state index contributed by atoms with van der Waals surface area (Å²) < 4.78 is 0. The number of hydrogen-bond acceptors (Lipinski definition) is 2. The molecule has 2 aromatic heterocycles. The lowest BCUT2D eigenvalue weighted by atomic mass is 9.84. The second kappa shape index (κ2) is 9.49. The van der Waals surface area contributed by atoms with E-state index in [2.05, 4.69) is 158 Å². The van der Waals surface area contributed by atoms with Crippen LogP contribution in [0.3, 0.4) is 0 Å². The van der Waals surface area contributed by atoms with E-state index in [0.717, 1.165) is 22.1 Å². The van der Waals surface area contributed by atoms with Crippen LogP contribution in [0.15, 0.2) is 158 Å². The highest BCUT2D eigenvalue weighted by Gasteiger charge is 2.25. The number of rotatable bonds is 2. The maximum absolute atomic E-state index is 5.54. The van der Waals surface area contributed by atoms with E-state index in [0.29, 0.717) is 0 Å². The van der Waals surface area contributed by atoms with Crippen molar-refractivity contribution in [3.8, 4) is 22.3 Å². The fourth-order valence-electron chi connectivity index (χ4n) is 8.94. The topological polar surface area (TPSA) is 25.8 Å². The van der Waals surface area contributed by atoms with Gasteiger partial charge in [0.25, 0.3) is 0 Å². The zero-order valence-corrected chi connectivity index (χ0v) is 26.9. The Morgan fingerprint density at radius 3 is 1.14 bits per heavy atom. The van der Waals surface area contributed by atoms with Crippen molar-refractivity contribution in [3.63, 3.8) is 0 Å². The quantitative estimate of drug-likeness (QED) is 0.140. The Hall–Kier alpha value is -6.64. The van der Waals surface area contributed by atoms with E-state index in [1.54, 1.807) is 0 Å². The number of benzene rings is 10. The van der Waals surface area contributed by atoms with Gasteiger partial charge in [-0.05, 0) is 89.6 Å². The first-order valence-corrected chi connectivity index (χ1v) is 17.3. The average molecular weight is 631 g/mol. The Bertz CT molecular complexity index is 3150. The van der Waals surface area contributed by atoms with Gasteiger partial charge in [-0.15, -0.1) is 0 Å². The van der Waals surface area contributed by atoms with Crippen LogP contribution < -0.4 is 0 Å². The first-order valence-electron chi connectivity index (χ1n) is 17.3. The molecule has 0 saturated heterocycles. The van der Waals surface area contributed by atoms with Crippen LogP contribution in [0, 0.1) is 0 Å². The lowest BCUT2D eigenvalue weighted by Crippen LogP contribution is -1.98. The number of hydrogen-bond donors (Lipinski definition) is 0. The van der Waals surface area contributed by atoms with Gasteiger partial charge in [-0.3, -0.25) is 0 Å². The largest absolute Gasteiger partial charge is 0.247 e. The normalized spacial score (nSPS) is 12.4. The summed E-state index contributed by atoms with van der Waals surface area (Å²) in [5, 5.41) is 17.0. The molecule has 12 aromatic rings. The summed E-state index contributed by atoms with van der Waals surface area (Å²) in [4.78, 5) is 11.1. The van der Waals surface area contributed by atoms with Crippen LogP contribution in [0.5, 0.6) is 0 Å². The minimum absolute atomic E-state index is 1.01. The molecule has 0 amide bonds. The van der Waals surface area contributed by atoms with Crippen molar-refractivity contribution >= 4 is 97.5 Å². The molecule has 2 heteroatoms. The molecule has 0 aliphatic rings. The third-order valence-corrected chi connectivity index (χ3v) is 11.1. The summed E-state index contributed by atoms with van der Waals surface area (Å²) in [6.07, 6.45) is 0. The maximum atomic E-state index is 5.54. The molecule has 0 N–H and O–H groups in total. The van der Waals surface area contributed by atoms with Crippen molar-refractivity contribution < 1.29 is 0 Å². The molecule has 0 spiro atoms. The van der Waals surface area contributed by atoms with Gasteiger partial charge in [0.15, 0.2) is 0 Å². The smallest absolute Gasteiger partial charge is 0.0801 e. The second-order valence-corrected chi connectivity index (χ2v) is 13.7. The average Bonchev–Trinajstić information content (AvgIpc) is 3.18. The molecule has 0 aliphatic carbocycles. The van der Waals surface area contributed by atoms with Crippen LogP contribution in [0.4, 0.5) is 0 Å². The van der Waals surface area contributed by atoms with E-state index >= 15 is 0 Å². The molecule has 2 heterocycles. The van der Waals surface area contributed by atoms with E-state index in [9.17, 15) is 0 Å². The summed E-state index contributed by atoms with van der Waals surface area (Å²) >= 11 is 0. The van der Waals surface area contributed by atoms with Gasteiger partial charge in [-0.25, -0.2) is 9.97 Å². The predicted molar refractivity (Wildman–Crippen MR) is 213 cm³/mol. The summed E-state index contributed by atoms with van der Waals surface area (Å²) in [5.74, 6) is 0. The lowest BCUT2D eigenvalue weighted by Gasteiger charge is -2.22. The Morgan fingerprint density at radius 2 is 0.680 bits per heavy atom. The van der Waals surface area contributed by atoms with Gasteiger partial charge in [0, 0.05) is 32.3 Å². The van der Waals surface area contributed by atoms with Crippen molar-refractivity contribution in [1.29, 1.82) is 0 Å². The van der Waals surface area contributed by atoms with Crippen LogP contribution in [0.25, 0.3) is 120 Å². The Morgan fingerprint density at radius 1 is 0.280 bits per heavy atom. The monoisotopic (exact) mass is 630 g/mol. The highest BCUT2D eigenvalue weighted by molar-refractivity contribution is 6.41. The van der Waals surface area contributed by atoms with Crippen molar-refractivity contribution in [1.82, 2.24) is 9.97 Å². The third-order valence-electron chi connectivity index (χ3n) is 11.1. The van der Waals surface area contributed by atoms with Gasteiger partial charge in [0.2, 0.25) is 0 Å². The molecular weight excluding hydrogens is 605 g/mol. The highest BCUT2D eigenvalue weighted by atomic mass is 14.7. The zero-order chi connectivity index (χ0) is 32.5. The fourth-order valence-corrected chi connectivity index (χ4v) is 8.94. The number of nitrogens with zero attached hydrogens (tertiary/aromatic N) is 2. The molecule has 0 radical (unpaired) electrons. The summed E-state index contributed by atoms with van der Waals surface area (Å²) in [5.41, 5.74) is 9.04. The van der Waals surface area contributed by atoms with Crippen molar-refractivity contribution in [2.75, 3.05) is 0 Å². The fraction of sp³-hybridized carbons (Fsp3) is 0. The van der Waals surface area contributed by atoms with Gasteiger partial charge < -0.3 is 0 Å². The number of aromatic nitrogens is 2. The van der Waals surface area contributed by atoms with Gasteiger partial charge in [0.1, 0.15) is 0 Å². The van der Waals surface area contributed by atoms with Crippen molar-refractivity contribution in [2.24, 2.45) is 0 Å². The van der Waals surface area contributed by atoms with Crippen LogP contribution in [-0.4, -0.2) is 9.97 Å². The van der Waals surface area contributed by atoms with Crippen LogP contribution in [0.1, 0.15) is 0 Å². The van der Waals surface area contributed by atoms with E-state index in [1.807, 2.05) is 0 Å². The Labute approximate surface area is 286 Å². The highest BCUT2D eigenvalue weighted by Crippen LogP contribution is 2.50. The van der Waals surface area contributed by atoms with Crippen LogP contribution in [0.2, 0.25) is 0 Å². The molecule has 228 valence electrons. The van der Waals surface area contributed by atoms with Crippen molar-refractivity contribution in [3.05, 3.63) is 158 Å². The summed E-state index contributed by atoms with van der Waals surface area (Å²) in [7, 11) is 0. The molecule has 2 nitrogen and oxygen atoms in total. The predicted octanol–water partition coefficient (Wildman–Crippen LogP) is 13.1. The maximum Gasteiger partial charge on any atom is 0.0801 e. The first kappa shape index (κ1) is 26.3. The van der Waals surface area contributed by atoms with E-state index < -0.39 is 0 Å². The molecule has 0 aliphatic heterocycles. The standard InChI is InChI=1S/C48H26N2/c1-3-11-29-25-31(19-17-27(29)9-1)41-33-13-5-7-15-35(33)47-43-37(41)21-23-39-45(43)46-40(49-47)24-22-38-42(32-20-18-28-10-2-4-12-30(28)26-32)34-14-6-8-16-36(34)48(50-39)44(38)46/h1-26H. The van der Waals surface area contributed by atoms with Gasteiger partial charge in [-0.2, -0.15) is 0 Å². The Kier molecular flexibility index (Phi) is 5.00. The summed E-state index contributed by atoms with van der Waals surface area (Å²) in [6.45, 7) is 0. The molecule has 10 aromatic carbocycles. The molecule has 0 fully saturated rings. The summed E-state index contributed by atoms with van der Waals surface area (Å²) in [6, 6.07) is 57.6. The zero-order valence-electron chi connectivity index (χ0n) is 26.9. The van der Waals surface area contributed by atoms with E-state index in [4.69, 9.17) is 9.97 Å². The van der Waals surface area contributed by atoms with E-state index in [1.165, 1.54) is 97.7 Å². The molecular formula is C48H26N2. The SMILES string of the molecule is c1ccc2cc(-c3c4ccccc4c4nc5ccc6c(-c7ccc8ccccc8c7)c7ccccc7c7nc8ccc3c4c8c5c67)ccc2c1. The minimum atomic E-state index is 1.01.